The third kappa shape index (κ3) is 4.32. The molecular weight excluding hydrogens is 459 g/mol. The van der Waals surface area contributed by atoms with Gasteiger partial charge in [0.15, 0.2) is 5.65 Å². The van der Waals surface area contributed by atoms with Crippen LogP contribution in [0.4, 0.5) is 15.0 Å². The number of hydrogen-bond acceptors (Lipinski definition) is 5. The predicted octanol–water partition coefficient (Wildman–Crippen LogP) is 4.44. The van der Waals surface area contributed by atoms with E-state index in [2.05, 4.69) is 20.9 Å². The van der Waals surface area contributed by atoms with Crippen LogP contribution in [0.5, 0.6) is 0 Å². The fraction of sp³-hybridized carbons (Fsp3) is 0.444. The minimum absolute atomic E-state index is 0.110. The average Bonchev–Trinajstić information content (AvgIpc) is 3.56. The Morgan fingerprint density at radius 1 is 1.06 bits per heavy atom. The molecule has 0 spiro atoms. The number of rotatable bonds is 4. The van der Waals surface area contributed by atoms with Gasteiger partial charge in [0.2, 0.25) is 0 Å². The van der Waals surface area contributed by atoms with Gasteiger partial charge in [-0.1, -0.05) is 18.2 Å². The van der Waals surface area contributed by atoms with Crippen molar-refractivity contribution in [2.75, 3.05) is 37.6 Å². The molecule has 0 radical (unpaired) electrons. The van der Waals surface area contributed by atoms with Crippen molar-refractivity contribution in [2.45, 2.75) is 44.2 Å². The number of aromatic nitrogens is 3. The van der Waals surface area contributed by atoms with Crippen molar-refractivity contribution in [1.29, 1.82) is 0 Å². The molecule has 0 aliphatic carbocycles. The maximum atomic E-state index is 13.9. The number of likely N-dealkylation sites (tertiary alicyclic amines) is 1. The zero-order chi connectivity index (χ0) is 24.6. The van der Waals surface area contributed by atoms with Crippen molar-refractivity contribution in [1.82, 2.24) is 24.4 Å². The molecule has 3 aliphatic rings. The maximum absolute atomic E-state index is 13.9. The summed E-state index contributed by atoms with van der Waals surface area (Å²) in [6, 6.07) is 11.4. The maximum Gasteiger partial charge on any atom is 0.407 e. The Morgan fingerprint density at radius 3 is 2.72 bits per heavy atom. The highest BCUT2D eigenvalue weighted by molar-refractivity contribution is 5.68. The number of carboxylic acid groups (broad SMARTS) is 1. The van der Waals surface area contributed by atoms with E-state index in [9.17, 15) is 14.3 Å². The lowest BCUT2D eigenvalue weighted by molar-refractivity contribution is 0.100. The second kappa shape index (κ2) is 9.54. The van der Waals surface area contributed by atoms with Gasteiger partial charge in [-0.05, 0) is 67.5 Å². The van der Waals surface area contributed by atoms with E-state index < -0.39 is 6.09 Å². The quantitative estimate of drug-likeness (QED) is 0.583. The summed E-state index contributed by atoms with van der Waals surface area (Å²) >= 11 is 0. The third-order valence-electron chi connectivity index (χ3n) is 7.89. The minimum atomic E-state index is -0.821. The van der Waals surface area contributed by atoms with Gasteiger partial charge in [0.25, 0.3) is 0 Å². The lowest BCUT2D eigenvalue weighted by Gasteiger charge is -2.39. The van der Waals surface area contributed by atoms with Gasteiger partial charge in [0.05, 0.1) is 17.9 Å². The van der Waals surface area contributed by atoms with Crippen LogP contribution in [0.3, 0.4) is 0 Å². The molecule has 2 saturated heterocycles. The fourth-order valence-corrected chi connectivity index (χ4v) is 6.02. The van der Waals surface area contributed by atoms with Gasteiger partial charge in [-0.3, -0.25) is 4.90 Å². The van der Waals surface area contributed by atoms with E-state index in [4.69, 9.17) is 5.10 Å². The van der Waals surface area contributed by atoms with E-state index >= 15 is 0 Å². The zero-order valence-electron chi connectivity index (χ0n) is 20.3. The van der Waals surface area contributed by atoms with Crippen molar-refractivity contribution < 1.29 is 14.3 Å². The molecule has 8 nitrogen and oxygen atoms in total. The van der Waals surface area contributed by atoms with Crippen molar-refractivity contribution in [3.8, 4) is 0 Å². The number of imidazole rings is 1. The summed E-state index contributed by atoms with van der Waals surface area (Å²) in [5.41, 5.74) is 4.01. The Bertz CT molecular complexity index is 1300. The van der Waals surface area contributed by atoms with E-state index in [1.165, 1.54) is 16.5 Å². The van der Waals surface area contributed by atoms with Crippen LogP contribution in [0, 0.1) is 5.82 Å². The number of piperidine rings is 1. The first-order chi connectivity index (χ1) is 17.6. The molecule has 0 saturated carbocycles. The molecule has 5 heterocycles. The Labute approximate surface area is 209 Å². The molecule has 6 rings (SSSR count). The van der Waals surface area contributed by atoms with Gasteiger partial charge in [0.1, 0.15) is 11.6 Å². The third-order valence-corrected chi connectivity index (χ3v) is 7.89. The Hall–Kier alpha value is -3.46. The first kappa shape index (κ1) is 23.0. The average molecular weight is 491 g/mol. The van der Waals surface area contributed by atoms with E-state index in [0.29, 0.717) is 19.1 Å². The molecule has 1 amide bonds. The highest BCUT2D eigenvalue weighted by atomic mass is 19.1. The van der Waals surface area contributed by atoms with Crippen molar-refractivity contribution in [3.63, 3.8) is 0 Å². The van der Waals surface area contributed by atoms with Crippen LogP contribution in [0.15, 0.2) is 48.7 Å². The molecule has 1 atom stereocenters. The van der Waals surface area contributed by atoms with E-state index in [1.54, 1.807) is 12.1 Å². The van der Waals surface area contributed by atoms with Crippen LogP contribution < -0.4 is 4.90 Å². The second-order valence-electron chi connectivity index (χ2n) is 10.0. The smallest absolute Gasteiger partial charge is 0.407 e. The largest absolute Gasteiger partial charge is 0.465 e. The Balaban J connectivity index is 1.23. The summed E-state index contributed by atoms with van der Waals surface area (Å²) in [6.07, 6.45) is 8.07. The molecule has 3 aromatic rings. The lowest BCUT2D eigenvalue weighted by atomic mass is 9.99. The molecular formula is C27H31FN6O2. The molecule has 0 bridgehead atoms. The number of benzene rings is 1. The van der Waals surface area contributed by atoms with Gasteiger partial charge in [-0.2, -0.15) is 0 Å². The number of halogens is 1. The van der Waals surface area contributed by atoms with E-state index in [0.717, 1.165) is 74.5 Å². The summed E-state index contributed by atoms with van der Waals surface area (Å²) < 4.78 is 15.9. The highest BCUT2D eigenvalue weighted by Gasteiger charge is 2.30. The number of anilines is 1. The van der Waals surface area contributed by atoms with Crippen LogP contribution in [0.1, 0.15) is 49.4 Å². The molecule has 3 aliphatic heterocycles. The van der Waals surface area contributed by atoms with Crippen LogP contribution in [0.2, 0.25) is 0 Å². The summed E-state index contributed by atoms with van der Waals surface area (Å²) in [5.74, 6) is 0.671. The fourth-order valence-electron chi connectivity index (χ4n) is 6.02. The van der Waals surface area contributed by atoms with E-state index in [-0.39, 0.29) is 11.9 Å². The first-order valence-corrected chi connectivity index (χ1v) is 12.8. The normalized spacial score (nSPS) is 21.8. The van der Waals surface area contributed by atoms with Gasteiger partial charge in [-0.15, -0.1) is 5.10 Å². The topological polar surface area (TPSA) is 77.2 Å². The first-order valence-electron chi connectivity index (χ1n) is 12.8. The number of amides is 1. The molecule has 1 aromatic carbocycles. The van der Waals surface area contributed by atoms with E-state index in [1.807, 2.05) is 28.9 Å². The van der Waals surface area contributed by atoms with Crippen LogP contribution in [-0.4, -0.2) is 74.4 Å². The van der Waals surface area contributed by atoms with Crippen molar-refractivity contribution >= 4 is 23.1 Å². The van der Waals surface area contributed by atoms with Gasteiger partial charge < -0.3 is 14.9 Å². The molecule has 9 heteroatoms. The Morgan fingerprint density at radius 2 is 1.92 bits per heavy atom. The summed E-state index contributed by atoms with van der Waals surface area (Å²) in [6.45, 7) is 3.87. The molecule has 1 unspecified atom stereocenters. The molecule has 188 valence electrons. The minimum Gasteiger partial charge on any atom is -0.465 e. The highest BCUT2D eigenvalue weighted by Crippen LogP contribution is 2.36. The molecule has 2 aromatic heterocycles. The summed E-state index contributed by atoms with van der Waals surface area (Å²) in [7, 11) is 0. The van der Waals surface area contributed by atoms with Gasteiger partial charge in [0, 0.05) is 38.8 Å². The summed E-state index contributed by atoms with van der Waals surface area (Å²) in [4.78, 5) is 22.2. The standard InChI is InChI=1S/C27H31FN6O2/c28-21-6-1-4-19(16-21)23-7-3-13-33(23)26-9-8-25-29-17-24(34(25)30-26)20-5-2-12-32(18-20)22-10-14-31(15-11-22)27(35)36/h1,4-6,8-9,16-17,22-23H,2-3,7,10-15,18H2,(H,35,36). The van der Waals surface area contributed by atoms with Crippen LogP contribution >= 0.6 is 0 Å². The SMILES string of the molecule is O=C(O)N1CCC(N2CCC=C(c3cnc4ccc(N5CCCC5c5cccc(F)c5)nn34)C2)CC1. The lowest BCUT2D eigenvalue weighted by Crippen LogP contribution is -2.47. The van der Waals surface area contributed by atoms with Crippen LogP contribution in [-0.2, 0) is 0 Å². The summed E-state index contributed by atoms with van der Waals surface area (Å²) in [5, 5.41) is 14.3. The van der Waals surface area contributed by atoms with Gasteiger partial charge in [-0.25, -0.2) is 18.7 Å². The van der Waals surface area contributed by atoms with Crippen molar-refractivity contribution in [2.24, 2.45) is 0 Å². The zero-order valence-corrected chi connectivity index (χ0v) is 20.3. The van der Waals surface area contributed by atoms with Crippen LogP contribution in [0.25, 0.3) is 11.2 Å². The molecule has 2 fully saturated rings. The number of fused-ring (bicyclic) bond motifs is 1. The Kier molecular flexibility index (Phi) is 6.08. The molecule has 1 N–H and O–H groups in total. The van der Waals surface area contributed by atoms with Gasteiger partial charge >= 0.3 is 6.09 Å². The number of hydrogen-bond donors (Lipinski definition) is 1. The number of carbonyl (C=O) groups is 1. The predicted molar refractivity (Wildman–Crippen MR) is 135 cm³/mol. The van der Waals surface area contributed by atoms with Crippen molar-refractivity contribution in [3.05, 3.63) is 65.7 Å². The monoisotopic (exact) mass is 490 g/mol. The molecule has 36 heavy (non-hydrogen) atoms. The number of nitrogens with zero attached hydrogens (tertiary/aromatic N) is 6. The second-order valence-corrected chi connectivity index (χ2v) is 10.0.